The van der Waals surface area contributed by atoms with Crippen LogP contribution in [0.2, 0.25) is 0 Å². The van der Waals surface area contributed by atoms with Crippen LogP contribution in [0.15, 0.2) is 12.1 Å². The van der Waals surface area contributed by atoms with Gasteiger partial charge in [0.2, 0.25) is 5.91 Å². The maximum absolute atomic E-state index is 13.2. The van der Waals surface area contributed by atoms with E-state index in [9.17, 15) is 18.4 Å². The Balaban J connectivity index is 2.21. The molecule has 0 spiro atoms. The lowest BCUT2D eigenvalue weighted by molar-refractivity contribution is -0.115. The van der Waals surface area contributed by atoms with Crippen molar-refractivity contribution in [1.82, 2.24) is 0 Å². The molecule has 1 aliphatic rings. The van der Waals surface area contributed by atoms with Gasteiger partial charge in [0.25, 0.3) is 0 Å². The zero-order chi connectivity index (χ0) is 14.7. The van der Waals surface area contributed by atoms with Gasteiger partial charge in [-0.05, 0) is 24.7 Å². The first-order valence-electron chi connectivity index (χ1n) is 6.14. The highest BCUT2D eigenvalue weighted by molar-refractivity contribution is 8.00. The molecule has 1 heterocycles. The number of thioether (sulfide) groups is 1. The van der Waals surface area contributed by atoms with Crippen LogP contribution in [-0.2, 0) is 4.79 Å². The zero-order valence-electron chi connectivity index (χ0n) is 10.5. The van der Waals surface area contributed by atoms with Crippen LogP contribution in [0.4, 0.5) is 14.5 Å². The number of rotatable bonds is 3. The fourth-order valence-electron chi connectivity index (χ4n) is 1.99. The number of anilines is 1. The van der Waals surface area contributed by atoms with E-state index in [1.54, 1.807) is 0 Å². The van der Waals surface area contributed by atoms with Crippen LogP contribution < -0.4 is 5.32 Å². The molecule has 1 aromatic rings. The number of carbonyl (C=O) groups excluding carboxylic acids is 1. The number of hydrogen-bond donors (Lipinski definition) is 2. The van der Waals surface area contributed by atoms with E-state index in [4.69, 9.17) is 5.11 Å². The maximum Gasteiger partial charge on any atom is 0.337 e. The van der Waals surface area contributed by atoms with Gasteiger partial charge in [0.1, 0.15) is 0 Å². The topological polar surface area (TPSA) is 66.4 Å². The molecule has 2 N–H and O–H groups in total. The molecular formula is C13H13F2NO3S. The summed E-state index contributed by atoms with van der Waals surface area (Å²) < 4.78 is 26.2. The van der Waals surface area contributed by atoms with Crippen LogP contribution in [0.5, 0.6) is 0 Å². The molecule has 1 unspecified atom stereocenters. The first-order chi connectivity index (χ1) is 9.49. The average Bonchev–Trinajstić information content (AvgIpc) is 2.43. The van der Waals surface area contributed by atoms with Gasteiger partial charge in [0.15, 0.2) is 11.6 Å². The van der Waals surface area contributed by atoms with Crippen LogP contribution in [0, 0.1) is 11.6 Å². The van der Waals surface area contributed by atoms with Gasteiger partial charge >= 0.3 is 5.97 Å². The summed E-state index contributed by atoms with van der Waals surface area (Å²) in [6, 6.07) is 1.27. The number of amides is 1. The van der Waals surface area contributed by atoms with E-state index in [1.165, 1.54) is 11.8 Å². The number of benzene rings is 1. The Labute approximate surface area is 118 Å². The fraction of sp³-hybridized carbons (Fsp3) is 0.385. The lowest BCUT2D eigenvalue weighted by atomic mass is 10.1. The van der Waals surface area contributed by atoms with Gasteiger partial charge in [-0.2, -0.15) is 0 Å². The third-order valence-corrected chi connectivity index (χ3v) is 4.40. The molecule has 1 amide bonds. The van der Waals surface area contributed by atoms with Gasteiger partial charge in [0, 0.05) is 6.07 Å². The van der Waals surface area contributed by atoms with E-state index in [2.05, 4.69) is 5.32 Å². The predicted molar refractivity (Wildman–Crippen MR) is 72.0 cm³/mol. The van der Waals surface area contributed by atoms with Crippen molar-refractivity contribution in [3.8, 4) is 0 Å². The number of carboxylic acids is 1. The second kappa shape index (κ2) is 6.21. The van der Waals surface area contributed by atoms with Crippen molar-refractivity contribution in [3.63, 3.8) is 0 Å². The largest absolute Gasteiger partial charge is 0.478 e. The minimum atomic E-state index is -1.42. The van der Waals surface area contributed by atoms with Crippen LogP contribution in [0.1, 0.15) is 29.6 Å². The Kier molecular flexibility index (Phi) is 4.59. The molecule has 0 radical (unpaired) electrons. The number of nitrogens with one attached hydrogen (secondary N) is 1. The van der Waals surface area contributed by atoms with E-state index < -0.39 is 23.2 Å². The molecule has 0 aliphatic carbocycles. The first-order valence-corrected chi connectivity index (χ1v) is 7.18. The van der Waals surface area contributed by atoms with E-state index in [1.807, 2.05) is 0 Å². The lowest BCUT2D eigenvalue weighted by Gasteiger charge is -2.21. The summed E-state index contributed by atoms with van der Waals surface area (Å²) in [5, 5.41) is 11.1. The van der Waals surface area contributed by atoms with Crippen LogP contribution in [0.25, 0.3) is 0 Å². The SMILES string of the molecule is O=C(O)c1cc(F)c(F)cc1NC(=O)C1CCCCS1. The smallest absolute Gasteiger partial charge is 0.337 e. The highest BCUT2D eigenvalue weighted by atomic mass is 32.2. The molecule has 7 heteroatoms. The van der Waals surface area contributed by atoms with E-state index in [-0.39, 0.29) is 16.8 Å². The molecule has 4 nitrogen and oxygen atoms in total. The summed E-state index contributed by atoms with van der Waals surface area (Å²) >= 11 is 1.48. The number of carbonyl (C=O) groups is 2. The molecule has 0 aromatic heterocycles. The first kappa shape index (κ1) is 14.8. The Morgan fingerprint density at radius 2 is 1.95 bits per heavy atom. The summed E-state index contributed by atoms with van der Waals surface area (Å²) in [4.78, 5) is 23.0. The van der Waals surface area contributed by atoms with Gasteiger partial charge < -0.3 is 10.4 Å². The standard InChI is InChI=1S/C13H13F2NO3S/c14-8-5-7(13(18)19)10(6-9(8)15)16-12(17)11-3-1-2-4-20-11/h5-6,11H,1-4H2,(H,16,17)(H,18,19). The zero-order valence-corrected chi connectivity index (χ0v) is 11.3. The van der Waals surface area contributed by atoms with Crippen molar-refractivity contribution in [3.05, 3.63) is 29.3 Å². The van der Waals surface area contributed by atoms with Gasteiger partial charge in [-0.3, -0.25) is 4.79 Å². The molecule has 1 atom stereocenters. The Morgan fingerprint density at radius 3 is 2.55 bits per heavy atom. The third kappa shape index (κ3) is 3.27. The molecule has 0 saturated carbocycles. The van der Waals surface area contributed by atoms with Crippen LogP contribution >= 0.6 is 11.8 Å². The summed E-state index contributed by atoms with van der Waals surface area (Å²) in [6.07, 6.45) is 2.66. The van der Waals surface area contributed by atoms with Crippen molar-refractivity contribution in [2.24, 2.45) is 0 Å². The normalized spacial score (nSPS) is 18.6. The average molecular weight is 301 g/mol. The molecule has 0 bridgehead atoms. The Hall–Kier alpha value is -1.63. The number of halogens is 2. The number of carboxylic acid groups (broad SMARTS) is 1. The molecule has 20 heavy (non-hydrogen) atoms. The monoisotopic (exact) mass is 301 g/mol. The molecular weight excluding hydrogens is 288 g/mol. The van der Waals surface area contributed by atoms with E-state index in [0.29, 0.717) is 18.6 Å². The molecule has 1 aliphatic heterocycles. The predicted octanol–water partition coefficient (Wildman–Crippen LogP) is 2.89. The number of aromatic carboxylic acids is 1. The minimum Gasteiger partial charge on any atom is -0.478 e. The fourth-order valence-corrected chi connectivity index (χ4v) is 3.19. The molecule has 108 valence electrons. The highest BCUT2D eigenvalue weighted by Gasteiger charge is 2.24. The third-order valence-electron chi connectivity index (χ3n) is 3.02. The van der Waals surface area contributed by atoms with Gasteiger partial charge in [-0.1, -0.05) is 6.42 Å². The highest BCUT2D eigenvalue weighted by Crippen LogP contribution is 2.27. The van der Waals surface area contributed by atoms with Crippen molar-refractivity contribution in [2.75, 3.05) is 11.1 Å². The summed E-state index contributed by atoms with van der Waals surface area (Å²) in [5.74, 6) is -3.38. The Bertz CT molecular complexity index is 545. The van der Waals surface area contributed by atoms with Crippen molar-refractivity contribution in [2.45, 2.75) is 24.5 Å². The summed E-state index contributed by atoms with van der Waals surface area (Å²) in [6.45, 7) is 0. The second-order valence-corrected chi connectivity index (χ2v) is 5.77. The second-order valence-electron chi connectivity index (χ2n) is 4.46. The summed E-state index contributed by atoms with van der Waals surface area (Å²) in [7, 11) is 0. The summed E-state index contributed by atoms with van der Waals surface area (Å²) in [5.41, 5.74) is -0.675. The lowest BCUT2D eigenvalue weighted by Crippen LogP contribution is -2.28. The Morgan fingerprint density at radius 1 is 1.25 bits per heavy atom. The maximum atomic E-state index is 13.2. The minimum absolute atomic E-state index is 0.215. The molecule has 2 rings (SSSR count). The number of hydrogen-bond acceptors (Lipinski definition) is 3. The van der Waals surface area contributed by atoms with Gasteiger partial charge in [-0.25, -0.2) is 13.6 Å². The van der Waals surface area contributed by atoms with Crippen molar-refractivity contribution >= 4 is 29.3 Å². The van der Waals surface area contributed by atoms with Crippen LogP contribution in [-0.4, -0.2) is 28.0 Å². The molecule has 1 saturated heterocycles. The van der Waals surface area contributed by atoms with Crippen molar-refractivity contribution in [1.29, 1.82) is 0 Å². The van der Waals surface area contributed by atoms with Crippen LogP contribution in [0.3, 0.4) is 0 Å². The van der Waals surface area contributed by atoms with Gasteiger partial charge in [-0.15, -0.1) is 11.8 Å². The van der Waals surface area contributed by atoms with E-state index in [0.717, 1.165) is 18.6 Å². The molecule has 1 aromatic carbocycles. The van der Waals surface area contributed by atoms with E-state index >= 15 is 0 Å². The van der Waals surface area contributed by atoms with Crippen molar-refractivity contribution < 1.29 is 23.5 Å². The molecule has 1 fully saturated rings. The quantitative estimate of drug-likeness (QED) is 0.901. The van der Waals surface area contributed by atoms with Gasteiger partial charge in [0.05, 0.1) is 16.5 Å².